The van der Waals surface area contributed by atoms with Gasteiger partial charge < -0.3 is 4.74 Å². The molecule has 17 heavy (non-hydrogen) atoms. The number of carbonyl (C=O) groups excluding carboxylic acids is 2. The number of ketones is 1. The summed E-state index contributed by atoms with van der Waals surface area (Å²) >= 11 is 0. The quantitative estimate of drug-likeness (QED) is 0.592. The lowest BCUT2D eigenvalue weighted by molar-refractivity contribution is -0.112. The molecule has 0 heterocycles. The molecule has 0 N–H and O–H groups in total. The lowest BCUT2D eigenvalue weighted by Crippen LogP contribution is -2.05. The predicted octanol–water partition coefficient (Wildman–Crippen LogP) is 2.77. The van der Waals surface area contributed by atoms with Crippen molar-refractivity contribution in [2.45, 2.75) is 20.8 Å². The molecule has 0 amide bonds. The van der Waals surface area contributed by atoms with E-state index in [9.17, 15) is 9.59 Å². The second-order valence-corrected chi connectivity index (χ2v) is 3.74. The smallest absolute Gasteiger partial charge is 0.338 e. The summed E-state index contributed by atoms with van der Waals surface area (Å²) in [6.45, 7) is 5.53. The van der Waals surface area contributed by atoms with Gasteiger partial charge in [0.1, 0.15) is 0 Å². The van der Waals surface area contributed by atoms with Crippen molar-refractivity contribution in [1.82, 2.24) is 0 Å². The van der Waals surface area contributed by atoms with E-state index in [2.05, 4.69) is 0 Å². The molecule has 0 atom stereocenters. The molecule has 90 valence electrons. The molecule has 0 fully saturated rings. The number of carbonyl (C=O) groups is 2. The van der Waals surface area contributed by atoms with Gasteiger partial charge in [-0.1, -0.05) is 12.1 Å². The molecule has 0 aliphatic heterocycles. The third kappa shape index (κ3) is 3.87. The van der Waals surface area contributed by atoms with Crippen molar-refractivity contribution >= 4 is 17.8 Å². The Labute approximate surface area is 101 Å². The lowest BCUT2D eigenvalue weighted by atomic mass is 10.0. The Morgan fingerprint density at radius 3 is 2.65 bits per heavy atom. The van der Waals surface area contributed by atoms with Gasteiger partial charge in [0.25, 0.3) is 0 Å². The highest BCUT2D eigenvalue weighted by Gasteiger charge is 2.07. The van der Waals surface area contributed by atoms with Gasteiger partial charge in [0, 0.05) is 0 Å². The zero-order chi connectivity index (χ0) is 12.8. The number of hydrogen-bond donors (Lipinski definition) is 0. The molecule has 0 aliphatic rings. The number of rotatable bonds is 4. The van der Waals surface area contributed by atoms with Crippen molar-refractivity contribution in [2.24, 2.45) is 0 Å². The van der Waals surface area contributed by atoms with Crippen LogP contribution in [0.5, 0.6) is 0 Å². The molecule has 0 aliphatic carbocycles. The van der Waals surface area contributed by atoms with Crippen LogP contribution < -0.4 is 0 Å². The van der Waals surface area contributed by atoms with Gasteiger partial charge >= 0.3 is 5.97 Å². The van der Waals surface area contributed by atoms with Gasteiger partial charge in [0.15, 0.2) is 5.78 Å². The minimum Gasteiger partial charge on any atom is -0.462 e. The SMILES string of the molecule is CCOC(=O)c1ccc(C)c(/C=C/C(C)=O)c1. The average Bonchev–Trinajstić information content (AvgIpc) is 2.28. The van der Waals surface area contributed by atoms with Crippen LogP contribution >= 0.6 is 0 Å². The third-order valence-electron chi connectivity index (χ3n) is 2.29. The minimum absolute atomic E-state index is 0.0223. The first kappa shape index (κ1) is 13.2. The summed E-state index contributed by atoms with van der Waals surface area (Å²) in [6, 6.07) is 5.29. The first-order valence-corrected chi connectivity index (χ1v) is 5.51. The molecule has 3 heteroatoms. The lowest BCUT2D eigenvalue weighted by Gasteiger charge is -2.05. The molecule has 3 nitrogen and oxygen atoms in total. The van der Waals surface area contributed by atoms with Crippen LogP contribution in [-0.4, -0.2) is 18.4 Å². The van der Waals surface area contributed by atoms with Crippen molar-refractivity contribution in [1.29, 1.82) is 0 Å². The van der Waals surface area contributed by atoms with Crippen LogP contribution in [0.2, 0.25) is 0 Å². The zero-order valence-electron chi connectivity index (χ0n) is 10.3. The van der Waals surface area contributed by atoms with Crippen molar-refractivity contribution in [3.63, 3.8) is 0 Å². The summed E-state index contributed by atoms with van der Waals surface area (Å²) in [4.78, 5) is 22.4. The molecule has 0 aromatic heterocycles. The Hall–Kier alpha value is -1.90. The van der Waals surface area contributed by atoms with Crippen molar-refractivity contribution in [3.05, 3.63) is 41.0 Å². The van der Waals surface area contributed by atoms with E-state index < -0.39 is 0 Å². The largest absolute Gasteiger partial charge is 0.462 e. The summed E-state index contributed by atoms with van der Waals surface area (Å²) in [7, 11) is 0. The molecule has 0 bridgehead atoms. The van der Waals surface area contributed by atoms with Crippen molar-refractivity contribution in [3.8, 4) is 0 Å². The molecule has 0 unspecified atom stereocenters. The molecule has 1 rings (SSSR count). The fourth-order valence-electron chi connectivity index (χ4n) is 1.37. The molecule has 0 saturated carbocycles. The number of benzene rings is 1. The van der Waals surface area contributed by atoms with Gasteiger partial charge in [0.05, 0.1) is 12.2 Å². The van der Waals surface area contributed by atoms with Gasteiger partial charge in [-0.3, -0.25) is 4.79 Å². The Morgan fingerprint density at radius 2 is 2.06 bits per heavy atom. The van der Waals surface area contributed by atoms with Gasteiger partial charge in [0.2, 0.25) is 0 Å². The van der Waals surface area contributed by atoms with E-state index in [1.807, 2.05) is 13.0 Å². The molecule has 0 spiro atoms. The maximum absolute atomic E-state index is 11.5. The van der Waals surface area contributed by atoms with Crippen LogP contribution in [0, 0.1) is 6.92 Å². The highest BCUT2D eigenvalue weighted by molar-refractivity contribution is 5.93. The summed E-state index contributed by atoms with van der Waals surface area (Å²) in [5.74, 6) is -0.365. The van der Waals surface area contributed by atoms with Crippen LogP contribution in [0.1, 0.15) is 35.3 Å². The van der Waals surface area contributed by atoms with E-state index in [4.69, 9.17) is 4.74 Å². The number of esters is 1. The first-order chi connectivity index (χ1) is 8.04. The number of hydrogen-bond acceptors (Lipinski definition) is 3. The van der Waals surface area contributed by atoms with Crippen molar-refractivity contribution in [2.75, 3.05) is 6.61 Å². The summed E-state index contributed by atoms with van der Waals surface area (Å²) in [5.41, 5.74) is 2.36. The highest BCUT2D eigenvalue weighted by atomic mass is 16.5. The Balaban J connectivity index is 3.02. The van der Waals surface area contributed by atoms with E-state index in [0.717, 1.165) is 11.1 Å². The monoisotopic (exact) mass is 232 g/mol. The summed E-state index contributed by atoms with van der Waals surface area (Å²) < 4.78 is 4.92. The Kier molecular flexibility index (Phi) is 4.64. The van der Waals surface area contributed by atoms with Gasteiger partial charge in [-0.15, -0.1) is 0 Å². The minimum atomic E-state index is -0.343. The summed E-state index contributed by atoms with van der Waals surface area (Å²) in [5, 5.41) is 0. The second kappa shape index (κ2) is 5.99. The second-order valence-electron chi connectivity index (χ2n) is 3.74. The molecule has 1 aromatic rings. The molecule has 1 aromatic carbocycles. The van der Waals surface area contributed by atoms with E-state index in [1.54, 1.807) is 25.1 Å². The van der Waals surface area contributed by atoms with E-state index in [0.29, 0.717) is 12.2 Å². The van der Waals surface area contributed by atoms with Gasteiger partial charge in [-0.25, -0.2) is 4.79 Å². The normalized spacial score (nSPS) is 10.5. The summed E-state index contributed by atoms with van der Waals surface area (Å²) in [6.07, 6.45) is 3.19. The Bertz CT molecular complexity index is 459. The van der Waals surface area contributed by atoms with Crippen LogP contribution in [0.15, 0.2) is 24.3 Å². The van der Waals surface area contributed by atoms with Crippen LogP contribution in [0.3, 0.4) is 0 Å². The predicted molar refractivity (Wildman–Crippen MR) is 66.9 cm³/mol. The molecule has 0 radical (unpaired) electrons. The van der Waals surface area contributed by atoms with Crippen LogP contribution in [0.4, 0.5) is 0 Å². The molecular formula is C14H16O3. The fourth-order valence-corrected chi connectivity index (χ4v) is 1.37. The maximum atomic E-state index is 11.5. The number of allylic oxidation sites excluding steroid dienone is 1. The fraction of sp³-hybridized carbons (Fsp3) is 0.286. The first-order valence-electron chi connectivity index (χ1n) is 5.51. The Morgan fingerprint density at radius 1 is 1.35 bits per heavy atom. The van der Waals surface area contributed by atoms with E-state index in [1.165, 1.54) is 13.0 Å². The maximum Gasteiger partial charge on any atom is 0.338 e. The van der Waals surface area contributed by atoms with Gasteiger partial charge in [-0.05, 0) is 50.1 Å². The van der Waals surface area contributed by atoms with Crippen molar-refractivity contribution < 1.29 is 14.3 Å². The highest BCUT2D eigenvalue weighted by Crippen LogP contribution is 2.14. The molecular weight excluding hydrogens is 216 g/mol. The average molecular weight is 232 g/mol. The van der Waals surface area contributed by atoms with Crippen LogP contribution in [0.25, 0.3) is 6.08 Å². The standard InChI is InChI=1S/C14H16O3/c1-4-17-14(16)13-7-5-10(2)12(9-13)8-6-11(3)15/h5-9H,4H2,1-3H3/b8-6+. The topological polar surface area (TPSA) is 43.4 Å². The molecule has 0 saturated heterocycles. The van der Waals surface area contributed by atoms with E-state index in [-0.39, 0.29) is 11.8 Å². The number of aryl methyl sites for hydroxylation is 1. The van der Waals surface area contributed by atoms with Crippen LogP contribution in [-0.2, 0) is 9.53 Å². The third-order valence-corrected chi connectivity index (χ3v) is 2.29. The van der Waals surface area contributed by atoms with E-state index >= 15 is 0 Å². The van der Waals surface area contributed by atoms with Gasteiger partial charge in [-0.2, -0.15) is 0 Å². The number of ether oxygens (including phenoxy) is 1. The zero-order valence-corrected chi connectivity index (χ0v) is 10.3.